The van der Waals surface area contributed by atoms with Crippen LogP contribution in [-0.4, -0.2) is 0 Å². The maximum Gasteiger partial charge on any atom is 0.130 e. The van der Waals surface area contributed by atoms with Crippen molar-refractivity contribution in [3.8, 4) is 676 Å². The molecule has 0 N–H and O–H groups in total. The number of hydrogen-bond acceptors (Lipinski definition) is 0. The fourth-order valence-corrected chi connectivity index (χ4v) is 4.21. The molecule has 0 saturated heterocycles. The first-order chi connectivity index (χ1) is 57.3. The average Bonchev–Trinajstić information content (AvgIpc) is 1.20. The van der Waals surface area contributed by atoms with E-state index in [1.54, 1.807) is 0 Å². The van der Waals surface area contributed by atoms with E-state index in [1.807, 2.05) is 0 Å². The minimum absolute atomic E-state index is 1.58. The Hall–Kier alpha value is -24.6. The standard InChI is InChI=1S/C114H3P/c1-4-7-10-13-16-19-22-25-28-31-34-37-40-43-46-49-52-55-58-61-64-67-70-73-76-79-82-85-88-91-94-97-100-103-106-109-112-115(113-110-107-104-101-98-95-92-89-86-83-80-77-74-71-68-65-62-59-56-53-50-47-44-41-38-35-32-29-26-23-20-17-14-11-8-5-2)114-111-108-105-102-99-96-93-90-87-84-81-78-75-72-69-66-63-60-57-54-51-48-45-42-39-36-33-30-27-24-21-18-15-12-9-6-3/h1-3H. The van der Waals surface area contributed by atoms with E-state index in [1.165, 1.54) is 0 Å². The van der Waals surface area contributed by atoms with Crippen molar-refractivity contribution in [1.82, 2.24) is 0 Å². The summed E-state index contributed by atoms with van der Waals surface area (Å²) in [6, 6.07) is 0. The maximum atomic E-state index is 4.97. The molecule has 0 bridgehead atoms. The SMILES string of the molecule is C#CC#CC#CC#CC#CC#CC#CC#CC#CC#CC#CC#CC#CC#CC#CC#CC#CC#CC#CP(C#CC#CC#CC#CC#CC#CC#CC#CC#CC#CC#CC#CC#CC#CC#CC#CC#CC#CC#C)C#CC#CC#CC#CC#CC#CC#CC#CC#CC#CC#CC#CC#CC#CC#CC#CC#CC#CC#C. The van der Waals surface area contributed by atoms with Gasteiger partial charge in [0, 0.05) is 355 Å². The van der Waals surface area contributed by atoms with Crippen molar-refractivity contribution >= 4 is 7.92 Å². The second kappa shape index (κ2) is 87.4. The lowest BCUT2D eigenvalue weighted by atomic mass is 10.4. The van der Waals surface area contributed by atoms with Gasteiger partial charge < -0.3 is 0 Å². The summed E-state index contributed by atoms with van der Waals surface area (Å²) >= 11 is 0. The Kier molecular flexibility index (Phi) is 68.6. The molecule has 0 heterocycles. The van der Waals surface area contributed by atoms with Crippen molar-refractivity contribution in [2.45, 2.75) is 0 Å². The van der Waals surface area contributed by atoms with Gasteiger partial charge in [0.2, 0.25) is 0 Å². The fraction of sp³-hybridized carbons (Fsp3) is 0. The smallest absolute Gasteiger partial charge is 0.106 e. The molecule has 0 atom stereocenters. The second-order valence-corrected chi connectivity index (χ2v) is 15.6. The molecule has 0 aromatic carbocycles. The van der Waals surface area contributed by atoms with Crippen molar-refractivity contribution in [3.63, 3.8) is 0 Å². The van der Waals surface area contributed by atoms with E-state index in [9.17, 15) is 0 Å². The normalized spacial score (nSPS) is 4.12. The van der Waals surface area contributed by atoms with Crippen LogP contribution in [0.4, 0.5) is 0 Å². The minimum Gasteiger partial charge on any atom is -0.106 e. The third-order valence-corrected chi connectivity index (χ3v) is 8.10. The molecule has 464 valence electrons. The van der Waals surface area contributed by atoms with E-state index in [2.05, 4.69) is 656 Å². The molecule has 0 rings (SSSR count). The molecule has 0 amide bonds. The van der Waals surface area contributed by atoms with Crippen molar-refractivity contribution < 1.29 is 0 Å². The first-order valence-electron chi connectivity index (χ1n) is 28.5. The van der Waals surface area contributed by atoms with E-state index in [0.717, 1.165) is 0 Å². The van der Waals surface area contributed by atoms with Gasteiger partial charge in [0.25, 0.3) is 0 Å². The zero-order valence-corrected chi connectivity index (χ0v) is 58.6. The molecule has 0 nitrogen and oxygen atoms in total. The fourth-order valence-electron chi connectivity index (χ4n) is 3.54. The Morgan fingerprint density at radius 2 is 0.122 bits per heavy atom. The summed E-state index contributed by atoms with van der Waals surface area (Å²) in [5.74, 6) is 269. The summed E-state index contributed by atoms with van der Waals surface area (Å²) in [5.41, 5.74) is 8.56. The first kappa shape index (κ1) is 90.4. The van der Waals surface area contributed by atoms with Crippen LogP contribution < -0.4 is 0 Å². The van der Waals surface area contributed by atoms with Crippen LogP contribution in [0.15, 0.2) is 0 Å². The van der Waals surface area contributed by atoms with E-state index in [-0.39, 0.29) is 0 Å². The van der Waals surface area contributed by atoms with Crippen LogP contribution in [0, 0.1) is 676 Å². The van der Waals surface area contributed by atoms with E-state index in [0.29, 0.717) is 0 Å². The van der Waals surface area contributed by atoms with Crippen LogP contribution in [0.5, 0.6) is 0 Å². The van der Waals surface area contributed by atoms with Crippen molar-refractivity contribution in [3.05, 3.63) is 0 Å². The van der Waals surface area contributed by atoms with Gasteiger partial charge in [0.15, 0.2) is 0 Å². The molecule has 0 aliphatic heterocycles. The Morgan fingerprint density at radius 3 is 0.183 bits per heavy atom. The van der Waals surface area contributed by atoms with Crippen molar-refractivity contribution in [2.75, 3.05) is 0 Å². The molecule has 115 heavy (non-hydrogen) atoms. The van der Waals surface area contributed by atoms with Crippen LogP contribution in [0.2, 0.25) is 0 Å². The van der Waals surface area contributed by atoms with Crippen LogP contribution in [-0.2, 0) is 0 Å². The second-order valence-electron chi connectivity index (χ2n) is 14.2. The summed E-state index contributed by atoms with van der Waals surface area (Å²) in [6.45, 7) is 0. The molecular weight excluding hydrogens is 1400 g/mol. The molecule has 0 fully saturated rings. The maximum absolute atomic E-state index is 4.97. The molecule has 0 unspecified atom stereocenters. The van der Waals surface area contributed by atoms with Gasteiger partial charge in [-0.3, -0.25) is 0 Å². The lowest BCUT2D eigenvalue weighted by Crippen LogP contribution is -1.62. The Morgan fingerprint density at radius 1 is 0.0696 bits per heavy atom. The highest BCUT2D eigenvalue weighted by molar-refractivity contribution is 7.72. The first-order valence-corrected chi connectivity index (χ1v) is 29.9. The van der Waals surface area contributed by atoms with Crippen LogP contribution >= 0.6 is 7.92 Å². The highest BCUT2D eigenvalue weighted by Gasteiger charge is 1.92. The summed E-state index contributed by atoms with van der Waals surface area (Å²) in [6.07, 6.45) is 14.9. The summed E-state index contributed by atoms with van der Waals surface area (Å²) in [5, 5.41) is 0. The Balaban J connectivity index is 5.97. The quantitative estimate of drug-likeness (QED) is 0.255. The highest BCUT2D eigenvalue weighted by atomic mass is 31.1. The predicted molar refractivity (Wildman–Crippen MR) is 453 cm³/mol. The summed E-state index contributed by atoms with van der Waals surface area (Å²) in [4.78, 5) is 0. The number of terminal acetylenes is 3. The molecule has 0 saturated carbocycles. The lowest BCUT2D eigenvalue weighted by molar-refractivity contribution is 2.32. The van der Waals surface area contributed by atoms with Gasteiger partial charge in [-0.05, 0) is 301 Å². The molecule has 0 aromatic rings. The van der Waals surface area contributed by atoms with Crippen molar-refractivity contribution in [1.29, 1.82) is 0 Å². The van der Waals surface area contributed by atoms with E-state index in [4.69, 9.17) is 19.3 Å². The van der Waals surface area contributed by atoms with Crippen LogP contribution in [0.3, 0.4) is 0 Å². The third-order valence-electron chi connectivity index (χ3n) is 7.09. The highest BCUT2D eigenvalue weighted by Crippen LogP contribution is 2.29. The zero-order chi connectivity index (χ0) is 82.1. The van der Waals surface area contributed by atoms with E-state index < -0.39 is 7.92 Å². The third kappa shape index (κ3) is 85.4. The molecule has 0 radical (unpaired) electrons. The lowest BCUT2D eigenvalue weighted by Gasteiger charge is -1.84. The average molecular weight is 1400 g/mol. The zero-order valence-electron chi connectivity index (χ0n) is 57.7. The van der Waals surface area contributed by atoms with Gasteiger partial charge in [0.1, 0.15) is 7.92 Å². The van der Waals surface area contributed by atoms with Gasteiger partial charge in [0.05, 0.1) is 0 Å². The molecule has 1 heteroatoms. The predicted octanol–water partition coefficient (Wildman–Crippen LogP) is 1.42. The van der Waals surface area contributed by atoms with Crippen LogP contribution in [0.1, 0.15) is 0 Å². The molecular formula is C114H3P. The molecule has 0 aliphatic carbocycles. The molecule has 0 spiro atoms. The monoisotopic (exact) mass is 1400 g/mol. The minimum atomic E-state index is -1.58. The largest absolute Gasteiger partial charge is 0.130 e. The van der Waals surface area contributed by atoms with Gasteiger partial charge in [-0.15, -0.1) is 19.3 Å². The van der Waals surface area contributed by atoms with Crippen molar-refractivity contribution in [2.24, 2.45) is 0 Å². The Bertz CT molecular complexity index is 7520. The van der Waals surface area contributed by atoms with Gasteiger partial charge in [-0.25, -0.2) is 0 Å². The molecule has 0 aromatic heterocycles. The number of hydrogen-bond donors (Lipinski definition) is 0. The summed E-state index contributed by atoms with van der Waals surface area (Å²) < 4.78 is 0. The topological polar surface area (TPSA) is 0 Å². The van der Waals surface area contributed by atoms with E-state index >= 15 is 0 Å². The van der Waals surface area contributed by atoms with Gasteiger partial charge in [-0.1, -0.05) is 0 Å². The Labute approximate surface area is 678 Å². The van der Waals surface area contributed by atoms with Gasteiger partial charge in [-0.2, -0.15) is 0 Å². The number of rotatable bonds is 0. The van der Waals surface area contributed by atoms with Crippen LogP contribution in [0.25, 0.3) is 0 Å². The summed E-state index contributed by atoms with van der Waals surface area (Å²) in [7, 11) is -1.58. The molecule has 0 aliphatic rings. The van der Waals surface area contributed by atoms with Gasteiger partial charge >= 0.3 is 0 Å².